The first-order valence-electron chi connectivity index (χ1n) is 12.6. The van der Waals surface area contributed by atoms with Crippen molar-refractivity contribution >= 4 is 40.7 Å². The van der Waals surface area contributed by atoms with Crippen molar-refractivity contribution in [3.63, 3.8) is 0 Å². The molecule has 0 spiro atoms. The molecule has 3 heterocycles. The average Bonchev–Trinajstić information content (AvgIpc) is 3.32. The summed E-state index contributed by atoms with van der Waals surface area (Å²) in [5.41, 5.74) is 1.43. The topological polar surface area (TPSA) is 117 Å². The maximum absolute atomic E-state index is 14.3. The highest BCUT2D eigenvalue weighted by Crippen LogP contribution is 2.39. The second kappa shape index (κ2) is 11.8. The molecule has 2 N–H and O–H groups in total. The van der Waals surface area contributed by atoms with Crippen LogP contribution in [0.25, 0.3) is 5.78 Å². The van der Waals surface area contributed by atoms with Crippen LogP contribution < -0.4 is 10.6 Å². The second-order valence-corrected chi connectivity index (χ2v) is 9.85. The van der Waals surface area contributed by atoms with Gasteiger partial charge >= 0.3 is 12.2 Å². The molecule has 0 radical (unpaired) electrons. The van der Waals surface area contributed by atoms with E-state index in [0.29, 0.717) is 36.5 Å². The monoisotopic (exact) mass is 582 g/mol. The van der Waals surface area contributed by atoms with Gasteiger partial charge in [-0.3, -0.25) is 4.79 Å². The Morgan fingerprint density at radius 1 is 1.25 bits per heavy atom. The molecule has 1 saturated heterocycles. The lowest BCUT2D eigenvalue weighted by molar-refractivity contribution is -0.191. The fraction of sp³-hybridized carbons (Fsp3) is 0.480. The van der Waals surface area contributed by atoms with E-state index in [-0.39, 0.29) is 29.2 Å². The zero-order valence-corrected chi connectivity index (χ0v) is 23.1. The number of aromatic nitrogens is 4. The molecule has 11 nitrogen and oxygen atoms in total. The number of hydrogen-bond donors (Lipinski definition) is 2. The van der Waals surface area contributed by atoms with Crippen molar-refractivity contribution in [2.75, 3.05) is 39.6 Å². The van der Waals surface area contributed by atoms with Crippen LogP contribution in [0.1, 0.15) is 43.2 Å². The van der Waals surface area contributed by atoms with Crippen LogP contribution in [-0.2, 0) is 9.53 Å². The number of likely N-dealkylation sites (tertiary alicyclic amines) is 1. The molecule has 1 aliphatic heterocycles. The number of alkyl halides is 3. The van der Waals surface area contributed by atoms with Crippen LogP contribution >= 0.6 is 11.6 Å². The molecule has 0 bridgehead atoms. The summed E-state index contributed by atoms with van der Waals surface area (Å²) in [6.07, 6.45) is -2.73. The van der Waals surface area contributed by atoms with Gasteiger partial charge in [-0.1, -0.05) is 12.1 Å². The number of rotatable bonds is 7. The van der Waals surface area contributed by atoms with E-state index in [2.05, 4.69) is 25.7 Å². The standard InChI is InChI=1S/C25H30ClF3N8O3/c1-14(40-4)19-18(12-31-23-33-22(26)34-37(19)23)32-17-9-7-15(8-10-17)20(25(27,28)29)35(3)21(38)16-6-5-11-36(13-16)24(39)30-2/h7-10,12,14,16,20,32H,5-6,11,13H2,1-4H3,(H,30,39). The molecule has 0 aliphatic carbocycles. The number of urea groups is 1. The van der Waals surface area contributed by atoms with E-state index in [1.54, 1.807) is 6.92 Å². The Hall–Kier alpha value is -3.65. The zero-order valence-electron chi connectivity index (χ0n) is 22.4. The Kier molecular flexibility index (Phi) is 8.68. The highest BCUT2D eigenvalue weighted by Gasteiger charge is 2.46. The highest BCUT2D eigenvalue weighted by molar-refractivity contribution is 6.28. The second-order valence-electron chi connectivity index (χ2n) is 9.51. The number of methoxy groups -OCH3 is 1. The summed E-state index contributed by atoms with van der Waals surface area (Å²) in [5, 5.41) is 9.78. The quantitative estimate of drug-likeness (QED) is 0.425. The van der Waals surface area contributed by atoms with Crippen molar-refractivity contribution in [2.45, 2.75) is 38.1 Å². The minimum atomic E-state index is -4.73. The van der Waals surface area contributed by atoms with Crippen molar-refractivity contribution < 1.29 is 27.5 Å². The number of carbonyl (C=O) groups excluding carboxylic acids is 2. The number of amides is 3. The Bertz CT molecular complexity index is 1370. The van der Waals surface area contributed by atoms with Crippen LogP contribution in [-0.4, -0.2) is 81.8 Å². The molecule has 3 atom stereocenters. The van der Waals surface area contributed by atoms with Gasteiger partial charge in [0.25, 0.3) is 5.78 Å². The summed E-state index contributed by atoms with van der Waals surface area (Å²) in [6.45, 7) is 2.30. The van der Waals surface area contributed by atoms with Gasteiger partial charge in [0.05, 0.1) is 29.6 Å². The molecular weight excluding hydrogens is 553 g/mol. The summed E-state index contributed by atoms with van der Waals surface area (Å²) >= 11 is 5.94. The largest absolute Gasteiger partial charge is 0.413 e. The lowest BCUT2D eigenvalue weighted by Crippen LogP contribution is -2.50. The molecule has 1 aliphatic rings. The van der Waals surface area contributed by atoms with Gasteiger partial charge in [-0.25, -0.2) is 9.78 Å². The summed E-state index contributed by atoms with van der Waals surface area (Å²) in [7, 11) is 4.14. The van der Waals surface area contributed by atoms with Gasteiger partial charge in [0.1, 0.15) is 0 Å². The first kappa shape index (κ1) is 29.3. The molecule has 1 aromatic carbocycles. The molecule has 3 amide bonds. The predicted molar refractivity (Wildman–Crippen MR) is 141 cm³/mol. The third kappa shape index (κ3) is 6.07. The fourth-order valence-electron chi connectivity index (χ4n) is 4.90. The first-order valence-corrected chi connectivity index (χ1v) is 12.9. The number of piperidine rings is 1. The zero-order chi connectivity index (χ0) is 29.2. The maximum atomic E-state index is 14.3. The van der Waals surface area contributed by atoms with Gasteiger partial charge in [0, 0.05) is 40.0 Å². The first-order chi connectivity index (χ1) is 18.9. The maximum Gasteiger partial charge on any atom is 0.413 e. The lowest BCUT2D eigenvalue weighted by atomic mass is 9.95. The molecule has 3 unspecified atom stereocenters. The van der Waals surface area contributed by atoms with E-state index in [9.17, 15) is 22.8 Å². The Morgan fingerprint density at radius 2 is 1.95 bits per heavy atom. The van der Waals surface area contributed by atoms with Crippen LogP contribution in [0, 0.1) is 5.92 Å². The number of hydrogen-bond acceptors (Lipinski definition) is 7. The molecule has 4 rings (SSSR count). The predicted octanol–water partition coefficient (Wildman–Crippen LogP) is 4.34. The van der Waals surface area contributed by atoms with Gasteiger partial charge in [-0.2, -0.15) is 22.7 Å². The molecule has 0 saturated carbocycles. The Morgan fingerprint density at radius 3 is 2.58 bits per heavy atom. The molecular formula is C25H30ClF3N8O3. The SMILES string of the molecule is CNC(=O)N1CCCC(C(=O)N(C)C(c2ccc(Nc3cnc4nc(Cl)nn4c3C(C)OC)cc2)C(F)(F)F)C1. The van der Waals surface area contributed by atoms with Gasteiger partial charge in [-0.15, -0.1) is 5.10 Å². The summed E-state index contributed by atoms with van der Waals surface area (Å²) < 4.78 is 49.8. The highest BCUT2D eigenvalue weighted by atomic mass is 35.5. The summed E-state index contributed by atoms with van der Waals surface area (Å²) in [4.78, 5) is 35.6. The van der Waals surface area contributed by atoms with E-state index in [1.165, 1.54) is 54.0 Å². The summed E-state index contributed by atoms with van der Waals surface area (Å²) in [6, 6.07) is 3.09. The lowest BCUT2D eigenvalue weighted by Gasteiger charge is -2.37. The van der Waals surface area contributed by atoms with Crippen molar-refractivity contribution in [2.24, 2.45) is 5.92 Å². The number of ether oxygens (including phenoxy) is 1. The van der Waals surface area contributed by atoms with Gasteiger partial charge in [0.15, 0.2) is 6.04 Å². The third-order valence-electron chi connectivity index (χ3n) is 6.94. The average molecular weight is 583 g/mol. The van der Waals surface area contributed by atoms with Crippen LogP contribution in [0.2, 0.25) is 5.28 Å². The molecule has 1 fully saturated rings. The van der Waals surface area contributed by atoms with Crippen LogP contribution in [0.4, 0.5) is 29.3 Å². The smallest absolute Gasteiger partial charge is 0.375 e. The van der Waals surface area contributed by atoms with E-state index >= 15 is 0 Å². The van der Waals surface area contributed by atoms with Crippen molar-refractivity contribution in [1.29, 1.82) is 0 Å². The number of fused-ring (bicyclic) bond motifs is 1. The Balaban J connectivity index is 1.57. The van der Waals surface area contributed by atoms with E-state index in [1.807, 2.05) is 0 Å². The number of nitrogens with zero attached hydrogens (tertiary/aromatic N) is 6. The van der Waals surface area contributed by atoms with Crippen LogP contribution in [0.3, 0.4) is 0 Å². The fourth-order valence-corrected chi connectivity index (χ4v) is 5.05. The van der Waals surface area contributed by atoms with E-state index < -0.39 is 30.1 Å². The molecule has 40 heavy (non-hydrogen) atoms. The molecule has 3 aromatic rings. The van der Waals surface area contributed by atoms with Crippen molar-refractivity contribution in [3.8, 4) is 0 Å². The van der Waals surface area contributed by atoms with Crippen LogP contribution in [0.15, 0.2) is 30.5 Å². The molecule has 2 aromatic heterocycles. The number of carbonyl (C=O) groups is 2. The minimum Gasteiger partial charge on any atom is -0.375 e. The van der Waals surface area contributed by atoms with Crippen LogP contribution in [0.5, 0.6) is 0 Å². The van der Waals surface area contributed by atoms with Crippen molar-refractivity contribution in [3.05, 3.63) is 47.0 Å². The minimum absolute atomic E-state index is 0.00461. The number of halogens is 4. The molecule has 216 valence electrons. The van der Waals surface area contributed by atoms with Gasteiger partial charge in [0.2, 0.25) is 11.2 Å². The van der Waals surface area contributed by atoms with Crippen molar-refractivity contribution in [1.82, 2.24) is 34.7 Å². The molecule has 15 heteroatoms. The van der Waals surface area contributed by atoms with Gasteiger partial charge < -0.3 is 25.2 Å². The number of benzene rings is 1. The Labute approximate surface area is 233 Å². The number of nitrogens with one attached hydrogen (secondary N) is 2. The van der Waals surface area contributed by atoms with Gasteiger partial charge in [-0.05, 0) is 49.1 Å². The third-order valence-corrected chi connectivity index (χ3v) is 7.10. The normalized spacial score (nSPS) is 17.4. The van der Waals surface area contributed by atoms with E-state index in [0.717, 1.165) is 11.9 Å². The van der Waals surface area contributed by atoms with E-state index in [4.69, 9.17) is 16.3 Å². The summed E-state index contributed by atoms with van der Waals surface area (Å²) in [5.74, 6) is -1.13. The number of anilines is 2.